The molecule has 0 amide bonds. The molecule has 4 heterocycles. The van der Waals surface area contributed by atoms with E-state index in [1.54, 1.807) is 0 Å². The third kappa shape index (κ3) is 1.25. The number of nitrogens with zero attached hydrogens (tertiary/aromatic N) is 2. The summed E-state index contributed by atoms with van der Waals surface area (Å²) in [6.45, 7) is 2.66. The number of halogens is 1. The highest BCUT2D eigenvalue weighted by Gasteiger charge is 2.62. The second kappa shape index (κ2) is 3.30. The van der Waals surface area contributed by atoms with Gasteiger partial charge in [-0.25, -0.2) is 4.98 Å². The fourth-order valence-electron chi connectivity index (χ4n) is 3.94. The summed E-state index contributed by atoms with van der Waals surface area (Å²) < 4.78 is 0.982. The van der Waals surface area contributed by atoms with Crippen molar-refractivity contribution in [3.8, 4) is 0 Å². The molecule has 3 aliphatic heterocycles. The molecule has 3 unspecified atom stereocenters. The molecule has 16 heavy (non-hydrogen) atoms. The van der Waals surface area contributed by atoms with Crippen LogP contribution in [0.2, 0.25) is 0 Å². The first-order valence-corrected chi connectivity index (χ1v) is 7.00. The Morgan fingerprint density at radius 1 is 1.25 bits per heavy atom. The third-order valence-corrected chi connectivity index (χ3v) is 5.10. The molecule has 2 nitrogen and oxygen atoms in total. The van der Waals surface area contributed by atoms with Crippen LogP contribution in [0.5, 0.6) is 0 Å². The van der Waals surface area contributed by atoms with Gasteiger partial charge in [-0.05, 0) is 65.8 Å². The van der Waals surface area contributed by atoms with Crippen LogP contribution in [0.3, 0.4) is 0 Å². The summed E-state index contributed by atoms with van der Waals surface area (Å²) in [6, 6.07) is 7.17. The molecule has 84 valence electrons. The first kappa shape index (κ1) is 9.60. The molecule has 5 rings (SSSR count). The fraction of sp³-hybridized carbons (Fsp3) is 0.615. The lowest BCUT2D eigenvalue weighted by Gasteiger charge is -2.38. The van der Waals surface area contributed by atoms with Gasteiger partial charge in [0.25, 0.3) is 0 Å². The third-order valence-electron chi connectivity index (χ3n) is 4.65. The monoisotopic (exact) mass is 278 g/mol. The molecule has 4 aliphatic rings. The van der Waals surface area contributed by atoms with Crippen molar-refractivity contribution in [2.75, 3.05) is 13.1 Å². The van der Waals surface area contributed by atoms with Gasteiger partial charge >= 0.3 is 0 Å². The summed E-state index contributed by atoms with van der Waals surface area (Å²) in [5.74, 6) is 2.64. The smallest absolute Gasteiger partial charge is 0.106 e. The highest BCUT2D eigenvalue weighted by Crippen LogP contribution is 2.61. The first-order valence-electron chi connectivity index (χ1n) is 6.21. The summed E-state index contributed by atoms with van der Waals surface area (Å²) in [7, 11) is 0. The summed E-state index contributed by atoms with van der Waals surface area (Å²) in [5, 5.41) is 0. The number of fused-ring (bicyclic) bond motifs is 2. The van der Waals surface area contributed by atoms with E-state index in [1.165, 1.54) is 31.6 Å². The topological polar surface area (TPSA) is 16.1 Å². The molecule has 0 spiro atoms. The van der Waals surface area contributed by atoms with Gasteiger partial charge in [-0.15, -0.1) is 0 Å². The molecular formula is C13H15BrN2. The first-order chi connectivity index (χ1) is 7.84. The lowest BCUT2D eigenvalue weighted by atomic mass is 9.87. The summed E-state index contributed by atoms with van der Waals surface area (Å²) in [4.78, 5) is 7.34. The second-order valence-corrected chi connectivity index (χ2v) is 6.16. The standard InChI is InChI=1S/C13H15BrN2/c14-10-3-1-2-9(15-10)12-11-8-4-6-16(7-5-8)13(11)12/h1-3,8,11-13H,4-7H2. The Morgan fingerprint density at radius 2 is 2.06 bits per heavy atom. The molecule has 1 saturated carbocycles. The van der Waals surface area contributed by atoms with Gasteiger partial charge in [0.15, 0.2) is 0 Å². The average molecular weight is 279 g/mol. The van der Waals surface area contributed by atoms with Crippen LogP contribution in [0, 0.1) is 11.8 Å². The Bertz CT molecular complexity index is 408. The molecule has 3 saturated heterocycles. The van der Waals surface area contributed by atoms with E-state index >= 15 is 0 Å². The predicted molar refractivity (Wildman–Crippen MR) is 66.3 cm³/mol. The molecule has 0 N–H and O–H groups in total. The Balaban J connectivity index is 1.67. The van der Waals surface area contributed by atoms with Gasteiger partial charge in [-0.3, -0.25) is 4.90 Å². The van der Waals surface area contributed by atoms with Gasteiger partial charge < -0.3 is 0 Å². The van der Waals surface area contributed by atoms with Crippen LogP contribution in [0.15, 0.2) is 22.8 Å². The average Bonchev–Trinajstić information content (AvgIpc) is 3.07. The van der Waals surface area contributed by atoms with Crippen LogP contribution in [0.4, 0.5) is 0 Å². The van der Waals surface area contributed by atoms with Crippen LogP contribution >= 0.6 is 15.9 Å². The lowest BCUT2D eigenvalue weighted by Crippen LogP contribution is -2.42. The molecular weight excluding hydrogens is 264 g/mol. The molecule has 1 aromatic rings. The molecule has 3 atom stereocenters. The zero-order chi connectivity index (χ0) is 10.7. The second-order valence-electron chi connectivity index (χ2n) is 5.35. The van der Waals surface area contributed by atoms with Gasteiger partial charge in [-0.1, -0.05) is 6.07 Å². The highest BCUT2D eigenvalue weighted by atomic mass is 79.9. The number of hydrogen-bond donors (Lipinski definition) is 0. The predicted octanol–water partition coefficient (Wildman–Crippen LogP) is 2.65. The summed E-state index contributed by atoms with van der Waals surface area (Å²) in [5.41, 5.74) is 1.31. The van der Waals surface area contributed by atoms with Gasteiger partial charge in [0.2, 0.25) is 0 Å². The maximum absolute atomic E-state index is 4.65. The van der Waals surface area contributed by atoms with E-state index in [0.717, 1.165) is 28.4 Å². The van der Waals surface area contributed by atoms with Gasteiger partial charge in [0.05, 0.1) is 0 Å². The SMILES string of the molecule is Brc1cccc(C2C3C4CCN(CC4)C23)n1. The minimum Gasteiger partial charge on any atom is -0.299 e. The summed E-state index contributed by atoms with van der Waals surface area (Å²) in [6.07, 6.45) is 2.84. The molecule has 1 aromatic heterocycles. The molecule has 3 heteroatoms. The van der Waals surface area contributed by atoms with Crippen molar-refractivity contribution < 1.29 is 0 Å². The van der Waals surface area contributed by atoms with E-state index in [2.05, 4.69) is 37.9 Å². The normalized spacial score (nSPS) is 44.2. The number of aromatic nitrogens is 1. The Hall–Kier alpha value is -0.410. The number of piperidine rings is 3. The molecule has 4 fully saturated rings. The number of pyridine rings is 1. The quantitative estimate of drug-likeness (QED) is 0.735. The lowest BCUT2D eigenvalue weighted by molar-refractivity contribution is 0.103. The highest BCUT2D eigenvalue weighted by molar-refractivity contribution is 9.10. The minimum absolute atomic E-state index is 0.729. The number of hydrogen-bond acceptors (Lipinski definition) is 2. The largest absolute Gasteiger partial charge is 0.299 e. The van der Waals surface area contributed by atoms with Crippen molar-refractivity contribution in [2.45, 2.75) is 24.8 Å². The van der Waals surface area contributed by atoms with E-state index in [4.69, 9.17) is 0 Å². The zero-order valence-corrected chi connectivity index (χ0v) is 10.7. The van der Waals surface area contributed by atoms with Crippen LogP contribution in [-0.4, -0.2) is 29.0 Å². The van der Waals surface area contributed by atoms with Crippen LogP contribution < -0.4 is 0 Å². The van der Waals surface area contributed by atoms with Crippen LogP contribution in [-0.2, 0) is 0 Å². The van der Waals surface area contributed by atoms with Crippen molar-refractivity contribution in [3.63, 3.8) is 0 Å². The summed E-state index contributed by atoms with van der Waals surface area (Å²) >= 11 is 3.48. The van der Waals surface area contributed by atoms with Crippen molar-refractivity contribution in [3.05, 3.63) is 28.5 Å². The van der Waals surface area contributed by atoms with E-state index in [9.17, 15) is 0 Å². The molecule has 2 bridgehead atoms. The van der Waals surface area contributed by atoms with Gasteiger partial charge in [0.1, 0.15) is 4.60 Å². The fourth-order valence-corrected chi connectivity index (χ4v) is 4.30. The van der Waals surface area contributed by atoms with Crippen molar-refractivity contribution in [1.82, 2.24) is 9.88 Å². The molecule has 0 radical (unpaired) electrons. The Morgan fingerprint density at radius 3 is 2.69 bits per heavy atom. The maximum Gasteiger partial charge on any atom is 0.106 e. The van der Waals surface area contributed by atoms with Crippen LogP contribution in [0.25, 0.3) is 0 Å². The van der Waals surface area contributed by atoms with E-state index in [1.807, 2.05) is 6.07 Å². The van der Waals surface area contributed by atoms with E-state index in [0.29, 0.717) is 0 Å². The van der Waals surface area contributed by atoms with E-state index in [-0.39, 0.29) is 0 Å². The number of rotatable bonds is 1. The van der Waals surface area contributed by atoms with Crippen LogP contribution in [0.1, 0.15) is 24.5 Å². The Kier molecular flexibility index (Phi) is 1.98. The van der Waals surface area contributed by atoms with E-state index < -0.39 is 0 Å². The Labute approximate surface area is 104 Å². The van der Waals surface area contributed by atoms with Crippen molar-refractivity contribution in [2.24, 2.45) is 11.8 Å². The van der Waals surface area contributed by atoms with Crippen molar-refractivity contribution >= 4 is 15.9 Å². The molecule has 1 aliphatic carbocycles. The molecule has 0 aromatic carbocycles. The maximum atomic E-state index is 4.65. The minimum atomic E-state index is 0.729. The van der Waals surface area contributed by atoms with Gasteiger partial charge in [-0.2, -0.15) is 0 Å². The zero-order valence-electron chi connectivity index (χ0n) is 9.14. The van der Waals surface area contributed by atoms with Crippen molar-refractivity contribution in [1.29, 1.82) is 0 Å². The van der Waals surface area contributed by atoms with Gasteiger partial charge in [0, 0.05) is 17.7 Å².